The molecule has 0 fully saturated rings. The van der Waals surface area contributed by atoms with Crippen LogP contribution in [0.1, 0.15) is 46.5 Å². The Kier molecular flexibility index (Phi) is 7.00. The Balaban J connectivity index is 2.52. The molecule has 114 valence electrons. The van der Waals surface area contributed by atoms with Crippen molar-refractivity contribution in [2.75, 3.05) is 33.7 Å². The van der Waals surface area contributed by atoms with Gasteiger partial charge in [-0.25, -0.2) is 0 Å². The van der Waals surface area contributed by atoms with E-state index in [0.717, 1.165) is 38.9 Å². The minimum absolute atomic E-state index is 0.997. The molecule has 0 unspecified atom stereocenters. The average molecular weight is 277 g/mol. The number of hydrogen-bond acceptors (Lipinski definition) is 3. The van der Waals surface area contributed by atoms with Crippen LogP contribution in [0, 0.1) is 0 Å². The lowest BCUT2D eigenvalue weighted by molar-refractivity contribution is 0.331. The van der Waals surface area contributed by atoms with Crippen molar-refractivity contribution in [2.45, 2.75) is 46.5 Å². The van der Waals surface area contributed by atoms with Gasteiger partial charge in [0.05, 0.1) is 0 Å². The van der Waals surface area contributed by atoms with Gasteiger partial charge in [-0.1, -0.05) is 13.5 Å². The van der Waals surface area contributed by atoms with Crippen LogP contribution in [0.25, 0.3) is 0 Å². The molecule has 1 aliphatic rings. The minimum Gasteiger partial charge on any atom is -0.371 e. The number of aliphatic imine (C=N–C) groups is 1. The van der Waals surface area contributed by atoms with Crippen LogP contribution < -0.4 is 0 Å². The van der Waals surface area contributed by atoms with E-state index in [1.54, 1.807) is 0 Å². The maximum atomic E-state index is 4.75. The normalized spacial score (nSPS) is 17.1. The fourth-order valence-electron chi connectivity index (χ4n) is 2.40. The van der Waals surface area contributed by atoms with Crippen LogP contribution in [0.4, 0.5) is 0 Å². The third kappa shape index (κ3) is 5.49. The third-order valence-corrected chi connectivity index (χ3v) is 3.89. The monoisotopic (exact) mass is 277 g/mol. The molecular weight excluding hydrogens is 246 g/mol. The summed E-state index contributed by atoms with van der Waals surface area (Å²) in [5.74, 6) is 0. The van der Waals surface area contributed by atoms with E-state index in [1.165, 1.54) is 29.1 Å². The van der Waals surface area contributed by atoms with Gasteiger partial charge < -0.3 is 9.80 Å². The molecule has 3 nitrogen and oxygen atoms in total. The van der Waals surface area contributed by atoms with E-state index in [2.05, 4.69) is 51.2 Å². The molecule has 0 aromatic carbocycles. The second-order valence-electron chi connectivity index (χ2n) is 6.07. The van der Waals surface area contributed by atoms with E-state index in [1.807, 2.05) is 0 Å². The van der Waals surface area contributed by atoms with Crippen molar-refractivity contribution < 1.29 is 0 Å². The van der Waals surface area contributed by atoms with Crippen molar-refractivity contribution in [3.63, 3.8) is 0 Å². The zero-order chi connectivity index (χ0) is 15.1. The number of hydrogen-bond donors (Lipinski definition) is 0. The predicted octanol–water partition coefficient (Wildman–Crippen LogP) is 3.69. The topological polar surface area (TPSA) is 18.8 Å². The Morgan fingerprint density at radius 3 is 2.65 bits per heavy atom. The molecule has 0 amide bonds. The maximum Gasteiger partial charge on any atom is 0.0427 e. The van der Waals surface area contributed by atoms with Crippen molar-refractivity contribution in [3.05, 3.63) is 23.5 Å². The summed E-state index contributed by atoms with van der Waals surface area (Å²) in [7, 11) is 4.24. The maximum absolute atomic E-state index is 4.75. The summed E-state index contributed by atoms with van der Waals surface area (Å²) in [5, 5.41) is 0. The largest absolute Gasteiger partial charge is 0.371 e. The fourth-order valence-corrected chi connectivity index (χ4v) is 2.40. The van der Waals surface area contributed by atoms with Crippen molar-refractivity contribution >= 4 is 5.71 Å². The Hall–Kier alpha value is -1.09. The molecule has 0 saturated carbocycles. The van der Waals surface area contributed by atoms with Crippen LogP contribution in [-0.4, -0.2) is 49.2 Å². The highest BCUT2D eigenvalue weighted by molar-refractivity contribution is 5.82. The molecule has 1 rings (SSSR count). The van der Waals surface area contributed by atoms with E-state index in [4.69, 9.17) is 4.99 Å². The summed E-state index contributed by atoms with van der Waals surface area (Å²) in [6.45, 7) is 13.9. The first-order valence-electron chi connectivity index (χ1n) is 7.74. The molecule has 1 heterocycles. The fraction of sp³-hybridized carbons (Fsp3) is 0.706. The molecule has 0 N–H and O–H groups in total. The average Bonchev–Trinajstić information content (AvgIpc) is 2.40. The van der Waals surface area contributed by atoms with Gasteiger partial charge in [-0.15, -0.1) is 0 Å². The van der Waals surface area contributed by atoms with Gasteiger partial charge in [0.25, 0.3) is 0 Å². The van der Waals surface area contributed by atoms with Gasteiger partial charge in [0.1, 0.15) is 0 Å². The van der Waals surface area contributed by atoms with E-state index in [0.29, 0.717) is 0 Å². The molecule has 1 aliphatic heterocycles. The predicted molar refractivity (Wildman–Crippen MR) is 89.2 cm³/mol. The molecule has 0 aromatic heterocycles. The third-order valence-electron chi connectivity index (χ3n) is 3.89. The lowest BCUT2D eigenvalue weighted by atomic mass is 10.1. The molecule has 0 spiro atoms. The number of allylic oxidation sites excluding steroid dienone is 1. The van der Waals surface area contributed by atoms with E-state index in [9.17, 15) is 0 Å². The van der Waals surface area contributed by atoms with Gasteiger partial charge in [0.15, 0.2) is 0 Å². The SMILES string of the molecule is C=C(CCCN(C)C)N1CCC(N=C(C)CC)=C(C)C1. The van der Waals surface area contributed by atoms with Crippen LogP contribution in [0.3, 0.4) is 0 Å². The summed E-state index contributed by atoms with van der Waals surface area (Å²) in [5.41, 5.74) is 5.21. The standard InChI is InChI=1S/C17H31N3/c1-7-15(3)18-17-10-12-20(13-14(17)2)16(4)9-8-11-19(5)6/h4,7-13H2,1-3,5-6H3. The van der Waals surface area contributed by atoms with Crippen molar-refractivity contribution in [1.29, 1.82) is 0 Å². The zero-order valence-electron chi connectivity index (χ0n) is 14.0. The van der Waals surface area contributed by atoms with Crippen LogP contribution in [0.15, 0.2) is 28.5 Å². The second-order valence-corrected chi connectivity index (χ2v) is 6.07. The molecule has 0 bridgehead atoms. The Labute approximate surface area is 125 Å². The molecule has 0 aromatic rings. The van der Waals surface area contributed by atoms with E-state index in [-0.39, 0.29) is 0 Å². The summed E-state index contributed by atoms with van der Waals surface area (Å²) in [6.07, 6.45) is 4.37. The number of rotatable bonds is 7. The second kappa shape index (κ2) is 8.25. The van der Waals surface area contributed by atoms with Crippen LogP contribution in [0.5, 0.6) is 0 Å². The van der Waals surface area contributed by atoms with E-state index < -0.39 is 0 Å². The molecular formula is C17H31N3. The smallest absolute Gasteiger partial charge is 0.0427 e. The Morgan fingerprint density at radius 1 is 1.40 bits per heavy atom. The van der Waals surface area contributed by atoms with Crippen LogP contribution in [0.2, 0.25) is 0 Å². The highest BCUT2D eigenvalue weighted by atomic mass is 15.1. The molecule has 0 saturated heterocycles. The molecule has 0 aliphatic carbocycles. The summed E-state index contributed by atoms with van der Waals surface area (Å²) >= 11 is 0. The van der Waals surface area contributed by atoms with E-state index >= 15 is 0 Å². The summed E-state index contributed by atoms with van der Waals surface area (Å²) in [6, 6.07) is 0. The van der Waals surface area contributed by atoms with Crippen molar-refractivity contribution in [1.82, 2.24) is 9.80 Å². The van der Waals surface area contributed by atoms with Crippen molar-refractivity contribution in [2.24, 2.45) is 4.99 Å². The van der Waals surface area contributed by atoms with Gasteiger partial charge in [-0.3, -0.25) is 4.99 Å². The zero-order valence-corrected chi connectivity index (χ0v) is 14.0. The van der Waals surface area contributed by atoms with Crippen LogP contribution in [-0.2, 0) is 0 Å². The lowest BCUT2D eigenvalue weighted by Crippen LogP contribution is -2.30. The first-order chi connectivity index (χ1) is 9.43. The van der Waals surface area contributed by atoms with Crippen molar-refractivity contribution in [3.8, 4) is 0 Å². The quantitative estimate of drug-likeness (QED) is 0.661. The molecule has 3 heteroatoms. The lowest BCUT2D eigenvalue weighted by Gasteiger charge is -2.32. The minimum atomic E-state index is 0.997. The summed E-state index contributed by atoms with van der Waals surface area (Å²) < 4.78 is 0. The van der Waals surface area contributed by atoms with Gasteiger partial charge in [0, 0.05) is 36.6 Å². The summed E-state index contributed by atoms with van der Waals surface area (Å²) in [4.78, 5) is 9.40. The van der Waals surface area contributed by atoms with Gasteiger partial charge in [0.2, 0.25) is 0 Å². The highest BCUT2D eigenvalue weighted by Crippen LogP contribution is 2.23. The first kappa shape index (κ1) is 17.0. The molecule has 20 heavy (non-hydrogen) atoms. The van der Waals surface area contributed by atoms with Gasteiger partial charge >= 0.3 is 0 Å². The van der Waals surface area contributed by atoms with Gasteiger partial charge in [-0.05, 0) is 59.3 Å². The first-order valence-corrected chi connectivity index (χ1v) is 7.74. The van der Waals surface area contributed by atoms with Gasteiger partial charge in [-0.2, -0.15) is 0 Å². The van der Waals surface area contributed by atoms with Crippen LogP contribution >= 0.6 is 0 Å². The number of nitrogens with zero attached hydrogens (tertiary/aromatic N) is 3. The molecule has 0 radical (unpaired) electrons. The molecule has 0 atom stereocenters. The Bertz CT molecular complexity index is 391. The Morgan fingerprint density at radius 2 is 2.10 bits per heavy atom. The highest BCUT2D eigenvalue weighted by Gasteiger charge is 2.17.